The molecule has 282 valence electrons. The number of amidine groups is 2. The molecule has 0 radical (unpaired) electrons. The summed E-state index contributed by atoms with van der Waals surface area (Å²) in [5.41, 5.74) is 12.3. The van der Waals surface area contributed by atoms with Crippen LogP contribution in [0.1, 0.15) is 22.9 Å². The van der Waals surface area contributed by atoms with Gasteiger partial charge in [-0.2, -0.15) is 0 Å². The van der Waals surface area contributed by atoms with Crippen molar-refractivity contribution in [2.45, 2.75) is 6.17 Å². The highest BCUT2D eigenvalue weighted by Gasteiger charge is 2.25. The van der Waals surface area contributed by atoms with Crippen molar-refractivity contribution >= 4 is 66.2 Å². The van der Waals surface area contributed by atoms with Crippen molar-refractivity contribution in [3.8, 4) is 27.9 Å². The molecule has 5 nitrogen and oxygen atoms in total. The molecule has 0 fully saturated rings. The molecule has 1 aliphatic heterocycles. The van der Waals surface area contributed by atoms with Crippen LogP contribution in [0.4, 0.5) is 0 Å². The van der Waals surface area contributed by atoms with Gasteiger partial charge in [0.25, 0.3) is 0 Å². The minimum absolute atomic E-state index is 0.411. The molecular formula is C55H36N4O. The summed E-state index contributed by atoms with van der Waals surface area (Å²) in [6.45, 7) is 0. The van der Waals surface area contributed by atoms with Gasteiger partial charge in [-0.05, 0) is 87.1 Å². The van der Waals surface area contributed by atoms with Crippen LogP contribution in [0.5, 0.6) is 0 Å². The monoisotopic (exact) mass is 768 g/mol. The minimum Gasteiger partial charge on any atom is -0.456 e. The summed E-state index contributed by atoms with van der Waals surface area (Å²) >= 11 is 0. The molecule has 2 aromatic heterocycles. The average molecular weight is 769 g/mol. The Labute approximate surface area is 346 Å². The van der Waals surface area contributed by atoms with Gasteiger partial charge in [0, 0.05) is 27.3 Å². The Kier molecular flexibility index (Phi) is 7.85. The molecule has 1 N–H and O–H groups in total. The summed E-state index contributed by atoms with van der Waals surface area (Å²) in [5, 5.41) is 10.7. The van der Waals surface area contributed by atoms with Gasteiger partial charge >= 0.3 is 0 Å². The van der Waals surface area contributed by atoms with Crippen molar-refractivity contribution in [1.82, 2.24) is 9.88 Å². The normalized spacial score (nSPS) is 14.2. The molecule has 0 saturated carbocycles. The topological polar surface area (TPSA) is 54.8 Å². The molecule has 0 amide bonds. The van der Waals surface area contributed by atoms with Crippen molar-refractivity contribution in [3.63, 3.8) is 0 Å². The van der Waals surface area contributed by atoms with Gasteiger partial charge in [0.1, 0.15) is 23.2 Å². The molecule has 1 atom stereocenters. The van der Waals surface area contributed by atoms with Crippen molar-refractivity contribution < 1.29 is 4.42 Å². The first kappa shape index (κ1) is 34.1. The van der Waals surface area contributed by atoms with E-state index < -0.39 is 6.17 Å². The number of hydrogen-bond acceptors (Lipinski definition) is 4. The second kappa shape index (κ2) is 13.8. The van der Waals surface area contributed by atoms with Crippen LogP contribution in [0.3, 0.4) is 0 Å². The van der Waals surface area contributed by atoms with Gasteiger partial charge < -0.3 is 14.3 Å². The number of furan rings is 1. The molecule has 9 aromatic carbocycles. The number of benzene rings is 9. The van der Waals surface area contributed by atoms with Crippen LogP contribution in [0.2, 0.25) is 0 Å². The maximum atomic E-state index is 6.74. The quantitative estimate of drug-likeness (QED) is 0.183. The molecule has 1 aliphatic rings. The summed E-state index contributed by atoms with van der Waals surface area (Å²) in [5.74, 6) is 1.38. The van der Waals surface area contributed by atoms with E-state index in [4.69, 9.17) is 14.4 Å². The SMILES string of the molecule is c1ccc(-c2cccc(C3=NC(c4cccc(-c5ccccc5)c4)NC(c4cc(-n5c6ccccc6c6cc7ccccc7cc65)c5c(c4)oc4ccccc45)=N3)c2)cc1. The van der Waals surface area contributed by atoms with Gasteiger partial charge in [-0.25, -0.2) is 9.98 Å². The molecule has 3 heterocycles. The Morgan fingerprint density at radius 2 is 1.07 bits per heavy atom. The highest BCUT2D eigenvalue weighted by molar-refractivity contribution is 6.19. The second-order valence-electron chi connectivity index (χ2n) is 15.4. The van der Waals surface area contributed by atoms with E-state index in [1.807, 2.05) is 18.2 Å². The maximum absolute atomic E-state index is 6.74. The Morgan fingerprint density at radius 3 is 1.87 bits per heavy atom. The Morgan fingerprint density at radius 1 is 0.433 bits per heavy atom. The fourth-order valence-electron chi connectivity index (χ4n) is 8.94. The van der Waals surface area contributed by atoms with Crippen molar-refractivity contribution in [1.29, 1.82) is 0 Å². The minimum atomic E-state index is -0.411. The van der Waals surface area contributed by atoms with Crippen molar-refractivity contribution in [2.75, 3.05) is 0 Å². The predicted octanol–water partition coefficient (Wildman–Crippen LogP) is 13.7. The third-order valence-electron chi connectivity index (χ3n) is 11.8. The van der Waals surface area contributed by atoms with Gasteiger partial charge in [-0.3, -0.25) is 0 Å². The zero-order chi connectivity index (χ0) is 39.6. The van der Waals surface area contributed by atoms with Gasteiger partial charge in [0.2, 0.25) is 0 Å². The summed E-state index contributed by atoms with van der Waals surface area (Å²) in [6.07, 6.45) is -0.411. The Bertz CT molecular complexity index is 3520. The average Bonchev–Trinajstić information content (AvgIpc) is 3.86. The van der Waals surface area contributed by atoms with E-state index in [9.17, 15) is 0 Å². The third kappa shape index (κ3) is 5.70. The molecule has 0 aliphatic carbocycles. The number of fused-ring (bicyclic) bond motifs is 7. The van der Waals surface area contributed by atoms with E-state index in [1.165, 1.54) is 21.5 Å². The highest BCUT2D eigenvalue weighted by atomic mass is 16.3. The number of rotatable bonds is 6. The van der Waals surface area contributed by atoms with Gasteiger partial charge in [-0.1, -0.05) is 158 Å². The predicted molar refractivity (Wildman–Crippen MR) is 248 cm³/mol. The van der Waals surface area contributed by atoms with Crippen LogP contribution in [-0.4, -0.2) is 16.2 Å². The molecule has 12 rings (SSSR count). The maximum Gasteiger partial charge on any atom is 0.159 e. The molecular weight excluding hydrogens is 733 g/mol. The molecule has 0 spiro atoms. The zero-order valence-corrected chi connectivity index (χ0v) is 32.5. The van der Waals surface area contributed by atoms with E-state index in [0.717, 1.165) is 83.4 Å². The first-order chi connectivity index (χ1) is 29.7. The van der Waals surface area contributed by atoms with Crippen LogP contribution in [0.15, 0.2) is 221 Å². The van der Waals surface area contributed by atoms with Gasteiger partial charge in [0.15, 0.2) is 5.84 Å². The lowest BCUT2D eigenvalue weighted by molar-refractivity contribution is 0.666. The fraction of sp³-hybridized carbons (Fsp3) is 0.0182. The van der Waals surface area contributed by atoms with Crippen LogP contribution in [0, 0.1) is 0 Å². The number of nitrogens with one attached hydrogen (secondary N) is 1. The number of nitrogens with zero attached hydrogens (tertiary/aromatic N) is 3. The molecule has 0 saturated heterocycles. The summed E-state index contributed by atoms with van der Waals surface area (Å²) in [7, 11) is 0. The highest BCUT2D eigenvalue weighted by Crippen LogP contribution is 2.41. The second-order valence-corrected chi connectivity index (χ2v) is 15.4. The Balaban J connectivity index is 1.09. The van der Waals surface area contributed by atoms with Crippen molar-refractivity contribution in [3.05, 3.63) is 223 Å². The van der Waals surface area contributed by atoms with E-state index >= 15 is 0 Å². The molecule has 60 heavy (non-hydrogen) atoms. The van der Waals surface area contributed by atoms with E-state index in [2.05, 4.69) is 198 Å². The first-order valence-corrected chi connectivity index (χ1v) is 20.3. The van der Waals surface area contributed by atoms with E-state index in [0.29, 0.717) is 5.84 Å². The summed E-state index contributed by atoms with van der Waals surface area (Å²) in [6, 6.07) is 72.8. The Hall–Kier alpha value is -8.02. The third-order valence-corrected chi connectivity index (χ3v) is 11.8. The number of para-hydroxylation sites is 2. The molecule has 11 aromatic rings. The summed E-state index contributed by atoms with van der Waals surface area (Å²) < 4.78 is 9.15. The lowest BCUT2D eigenvalue weighted by Crippen LogP contribution is -2.33. The van der Waals surface area contributed by atoms with Gasteiger partial charge in [-0.15, -0.1) is 0 Å². The van der Waals surface area contributed by atoms with Crippen LogP contribution in [-0.2, 0) is 0 Å². The standard InChI is InChI=1S/C55H36N4O/c1-3-15-35(16-4-1)37-21-13-23-41(29-37)53-56-54(42-24-14-22-38(30-42)36-17-5-2-6-18-36)58-55(57-53)43-33-49(52-45-26-10-12-28-50(45)60-51(52)34-43)59-47-27-11-9-25-44(47)46-31-39-19-7-8-20-40(39)32-48(46)59/h1-34,53H,(H,56,57,58). The van der Waals surface area contributed by atoms with Gasteiger partial charge in [0.05, 0.1) is 22.1 Å². The number of hydrogen-bond donors (Lipinski definition) is 1. The molecule has 5 heteroatoms. The lowest BCUT2D eigenvalue weighted by atomic mass is 10.0. The smallest absolute Gasteiger partial charge is 0.159 e. The number of aromatic nitrogens is 1. The molecule has 1 unspecified atom stereocenters. The summed E-state index contributed by atoms with van der Waals surface area (Å²) in [4.78, 5) is 10.7. The lowest BCUT2D eigenvalue weighted by Gasteiger charge is -2.24. The van der Waals surface area contributed by atoms with Crippen molar-refractivity contribution in [2.24, 2.45) is 9.98 Å². The largest absolute Gasteiger partial charge is 0.456 e. The van der Waals surface area contributed by atoms with E-state index in [-0.39, 0.29) is 0 Å². The van der Waals surface area contributed by atoms with Crippen LogP contribution < -0.4 is 5.32 Å². The van der Waals surface area contributed by atoms with Crippen LogP contribution >= 0.6 is 0 Å². The molecule has 0 bridgehead atoms. The zero-order valence-electron chi connectivity index (χ0n) is 32.5. The van der Waals surface area contributed by atoms with Crippen LogP contribution in [0.25, 0.3) is 82.5 Å². The number of aliphatic imine (C=N–C) groups is 2. The first-order valence-electron chi connectivity index (χ1n) is 20.3. The van der Waals surface area contributed by atoms with E-state index in [1.54, 1.807) is 0 Å². The fourth-order valence-corrected chi connectivity index (χ4v) is 8.94.